The van der Waals surface area contributed by atoms with Gasteiger partial charge in [0, 0.05) is 31.9 Å². The van der Waals surface area contributed by atoms with Crippen molar-refractivity contribution >= 4 is 11.7 Å². The summed E-state index contributed by atoms with van der Waals surface area (Å²) in [6.07, 6.45) is 0. The van der Waals surface area contributed by atoms with Crippen molar-refractivity contribution in [2.45, 2.75) is 6.92 Å². The highest BCUT2D eigenvalue weighted by Gasteiger charge is 2.36. The fourth-order valence-corrected chi connectivity index (χ4v) is 2.57. The van der Waals surface area contributed by atoms with E-state index >= 15 is 0 Å². The van der Waals surface area contributed by atoms with E-state index in [0.29, 0.717) is 13.2 Å². The van der Waals surface area contributed by atoms with Crippen LogP contribution in [-0.2, 0) is 9.53 Å². The SMILES string of the molecule is Cc1cccc(N2CC(C(=O)N3CCOCC3)C2)n1. The molecule has 2 saturated heterocycles. The molecular weight excluding hydrogens is 242 g/mol. The van der Waals surface area contributed by atoms with Crippen molar-refractivity contribution in [3.05, 3.63) is 23.9 Å². The molecule has 5 heteroatoms. The lowest BCUT2D eigenvalue weighted by Crippen LogP contribution is -2.56. The molecule has 0 radical (unpaired) electrons. The Morgan fingerprint density at radius 3 is 2.74 bits per heavy atom. The lowest BCUT2D eigenvalue weighted by molar-refractivity contribution is -0.140. The molecule has 0 atom stereocenters. The summed E-state index contributed by atoms with van der Waals surface area (Å²) in [5, 5.41) is 0. The Balaban J connectivity index is 1.56. The first-order valence-electron chi connectivity index (χ1n) is 6.79. The predicted octanol–water partition coefficient (Wildman–Crippen LogP) is 0.685. The Morgan fingerprint density at radius 1 is 1.32 bits per heavy atom. The zero-order valence-corrected chi connectivity index (χ0v) is 11.2. The number of amides is 1. The second-order valence-corrected chi connectivity index (χ2v) is 5.18. The molecule has 1 aromatic heterocycles. The lowest BCUT2D eigenvalue weighted by Gasteiger charge is -2.42. The van der Waals surface area contributed by atoms with Crippen molar-refractivity contribution in [1.29, 1.82) is 0 Å². The molecule has 3 rings (SSSR count). The van der Waals surface area contributed by atoms with Crippen LogP contribution in [0.25, 0.3) is 0 Å². The van der Waals surface area contributed by atoms with Gasteiger partial charge in [-0.25, -0.2) is 4.98 Å². The number of carbonyl (C=O) groups excluding carboxylic acids is 1. The van der Waals surface area contributed by atoms with E-state index in [9.17, 15) is 4.79 Å². The summed E-state index contributed by atoms with van der Waals surface area (Å²) in [6.45, 7) is 6.36. The number of morpholine rings is 1. The number of nitrogens with zero attached hydrogens (tertiary/aromatic N) is 3. The van der Waals surface area contributed by atoms with E-state index < -0.39 is 0 Å². The van der Waals surface area contributed by atoms with Gasteiger partial charge in [-0.3, -0.25) is 4.79 Å². The molecule has 19 heavy (non-hydrogen) atoms. The van der Waals surface area contributed by atoms with Gasteiger partial charge in [0.15, 0.2) is 0 Å². The smallest absolute Gasteiger partial charge is 0.229 e. The number of hydrogen-bond acceptors (Lipinski definition) is 4. The van der Waals surface area contributed by atoms with Crippen molar-refractivity contribution in [1.82, 2.24) is 9.88 Å². The van der Waals surface area contributed by atoms with Gasteiger partial charge in [0.25, 0.3) is 0 Å². The fraction of sp³-hybridized carbons (Fsp3) is 0.571. The number of aromatic nitrogens is 1. The summed E-state index contributed by atoms with van der Waals surface area (Å²) in [6, 6.07) is 6.00. The molecule has 1 amide bonds. The van der Waals surface area contributed by atoms with E-state index in [1.807, 2.05) is 30.0 Å². The molecule has 0 unspecified atom stereocenters. The van der Waals surface area contributed by atoms with Crippen LogP contribution in [0.1, 0.15) is 5.69 Å². The number of anilines is 1. The third-order valence-electron chi connectivity index (χ3n) is 3.75. The van der Waals surface area contributed by atoms with E-state index in [1.165, 1.54) is 0 Å². The summed E-state index contributed by atoms with van der Waals surface area (Å²) in [7, 11) is 0. The Morgan fingerprint density at radius 2 is 2.05 bits per heavy atom. The summed E-state index contributed by atoms with van der Waals surface area (Å²) >= 11 is 0. The Hall–Kier alpha value is -1.62. The van der Waals surface area contributed by atoms with E-state index in [4.69, 9.17) is 4.74 Å². The van der Waals surface area contributed by atoms with Gasteiger partial charge in [0.1, 0.15) is 5.82 Å². The molecule has 0 spiro atoms. The Labute approximate surface area is 113 Å². The highest BCUT2D eigenvalue weighted by atomic mass is 16.5. The maximum absolute atomic E-state index is 12.2. The molecule has 2 aliphatic rings. The van der Waals surface area contributed by atoms with Crippen molar-refractivity contribution in [2.75, 3.05) is 44.3 Å². The minimum Gasteiger partial charge on any atom is -0.378 e. The van der Waals surface area contributed by atoms with Gasteiger partial charge < -0.3 is 14.5 Å². The van der Waals surface area contributed by atoms with E-state index in [2.05, 4.69) is 9.88 Å². The first-order chi connectivity index (χ1) is 9.24. The number of aryl methyl sites for hydroxylation is 1. The number of ether oxygens (including phenoxy) is 1. The third kappa shape index (κ3) is 2.56. The van der Waals surface area contributed by atoms with Crippen LogP contribution in [0.2, 0.25) is 0 Å². The average molecular weight is 261 g/mol. The van der Waals surface area contributed by atoms with Crippen molar-refractivity contribution in [3.8, 4) is 0 Å². The minimum atomic E-state index is 0.125. The second-order valence-electron chi connectivity index (χ2n) is 5.18. The van der Waals surface area contributed by atoms with Gasteiger partial charge in [-0.2, -0.15) is 0 Å². The molecule has 2 aliphatic heterocycles. The first kappa shape index (κ1) is 12.4. The van der Waals surface area contributed by atoms with Crippen molar-refractivity contribution < 1.29 is 9.53 Å². The number of pyridine rings is 1. The summed E-state index contributed by atoms with van der Waals surface area (Å²) in [4.78, 5) is 20.8. The quantitative estimate of drug-likeness (QED) is 0.785. The monoisotopic (exact) mass is 261 g/mol. The van der Waals surface area contributed by atoms with Crippen LogP contribution in [-0.4, -0.2) is 55.2 Å². The van der Waals surface area contributed by atoms with Gasteiger partial charge >= 0.3 is 0 Å². The van der Waals surface area contributed by atoms with Gasteiger partial charge in [0.05, 0.1) is 19.1 Å². The molecule has 2 fully saturated rings. The minimum absolute atomic E-state index is 0.125. The number of hydrogen-bond donors (Lipinski definition) is 0. The highest BCUT2D eigenvalue weighted by Crippen LogP contribution is 2.24. The maximum Gasteiger partial charge on any atom is 0.229 e. The van der Waals surface area contributed by atoms with Gasteiger partial charge in [-0.1, -0.05) is 6.07 Å². The molecule has 102 valence electrons. The third-order valence-corrected chi connectivity index (χ3v) is 3.75. The highest BCUT2D eigenvalue weighted by molar-refractivity contribution is 5.82. The van der Waals surface area contributed by atoms with Crippen LogP contribution >= 0.6 is 0 Å². The van der Waals surface area contributed by atoms with Gasteiger partial charge in [-0.05, 0) is 19.1 Å². The predicted molar refractivity (Wildman–Crippen MR) is 72.1 cm³/mol. The second kappa shape index (κ2) is 5.17. The van der Waals surface area contributed by atoms with Crippen molar-refractivity contribution in [3.63, 3.8) is 0 Å². The molecule has 0 bridgehead atoms. The topological polar surface area (TPSA) is 45.7 Å². The molecule has 3 heterocycles. The average Bonchev–Trinajstić information content (AvgIpc) is 2.38. The van der Waals surface area contributed by atoms with E-state index in [0.717, 1.165) is 37.7 Å². The van der Waals surface area contributed by atoms with Crippen LogP contribution in [0.5, 0.6) is 0 Å². The standard InChI is InChI=1S/C14H19N3O2/c1-11-3-2-4-13(15-11)17-9-12(10-17)14(18)16-5-7-19-8-6-16/h2-4,12H,5-10H2,1H3. The van der Waals surface area contributed by atoms with Gasteiger partial charge in [0.2, 0.25) is 5.91 Å². The number of carbonyl (C=O) groups is 1. The zero-order valence-electron chi connectivity index (χ0n) is 11.2. The molecular formula is C14H19N3O2. The van der Waals surface area contributed by atoms with E-state index in [-0.39, 0.29) is 11.8 Å². The molecule has 1 aromatic rings. The molecule has 0 aromatic carbocycles. The largest absolute Gasteiger partial charge is 0.378 e. The maximum atomic E-state index is 12.2. The molecule has 0 N–H and O–H groups in total. The van der Waals surface area contributed by atoms with E-state index in [1.54, 1.807) is 0 Å². The van der Waals surface area contributed by atoms with Crippen LogP contribution in [0.4, 0.5) is 5.82 Å². The number of rotatable bonds is 2. The Bertz CT molecular complexity index is 466. The Kier molecular flexibility index (Phi) is 3.38. The summed E-state index contributed by atoms with van der Waals surface area (Å²) < 4.78 is 5.27. The van der Waals surface area contributed by atoms with Gasteiger partial charge in [-0.15, -0.1) is 0 Å². The fourth-order valence-electron chi connectivity index (χ4n) is 2.57. The molecule has 0 saturated carbocycles. The molecule has 0 aliphatic carbocycles. The van der Waals surface area contributed by atoms with Crippen LogP contribution in [0.15, 0.2) is 18.2 Å². The normalized spacial score (nSPS) is 20.3. The zero-order chi connectivity index (χ0) is 13.2. The lowest BCUT2D eigenvalue weighted by atomic mass is 9.98. The summed E-state index contributed by atoms with van der Waals surface area (Å²) in [5.74, 6) is 1.37. The molecule has 5 nitrogen and oxygen atoms in total. The van der Waals surface area contributed by atoms with Crippen LogP contribution in [0.3, 0.4) is 0 Å². The first-order valence-corrected chi connectivity index (χ1v) is 6.79. The summed E-state index contributed by atoms with van der Waals surface area (Å²) in [5.41, 5.74) is 1.01. The van der Waals surface area contributed by atoms with Crippen LogP contribution < -0.4 is 4.90 Å². The van der Waals surface area contributed by atoms with Crippen molar-refractivity contribution in [2.24, 2.45) is 5.92 Å². The van der Waals surface area contributed by atoms with Crippen LogP contribution in [0, 0.1) is 12.8 Å².